The highest BCUT2D eigenvalue weighted by molar-refractivity contribution is 4.87. The zero-order valence-electron chi connectivity index (χ0n) is 11.0. The van der Waals surface area contributed by atoms with E-state index in [1.54, 1.807) is 0 Å². The first-order valence-electron chi connectivity index (χ1n) is 6.65. The van der Waals surface area contributed by atoms with Crippen molar-refractivity contribution in [2.24, 2.45) is 5.41 Å². The molecule has 0 aliphatic carbocycles. The van der Waals surface area contributed by atoms with Crippen molar-refractivity contribution < 1.29 is 4.74 Å². The number of hydrogen-bond donors (Lipinski definition) is 1. The van der Waals surface area contributed by atoms with E-state index < -0.39 is 0 Å². The van der Waals surface area contributed by atoms with Crippen molar-refractivity contribution in [2.75, 3.05) is 32.8 Å². The van der Waals surface area contributed by atoms with Crippen molar-refractivity contribution >= 4 is 0 Å². The molecule has 1 N–H and O–H groups in total. The Bertz CT molecular complexity index is 224. The molecule has 3 heteroatoms. The minimum absolute atomic E-state index is 0.377. The standard InChI is InChI=1S/C13H26N2O/c1-11(12-9-14-6-8-16-12)15-7-4-5-13(2,3)10-15/h11-12,14H,4-10H2,1-3H3. The predicted molar refractivity (Wildman–Crippen MR) is 66.7 cm³/mol. The second-order valence-corrected chi connectivity index (χ2v) is 6.09. The van der Waals surface area contributed by atoms with Crippen LogP contribution >= 0.6 is 0 Å². The Balaban J connectivity index is 1.90. The van der Waals surface area contributed by atoms with E-state index in [0.29, 0.717) is 17.6 Å². The van der Waals surface area contributed by atoms with Gasteiger partial charge in [-0.1, -0.05) is 13.8 Å². The highest BCUT2D eigenvalue weighted by Gasteiger charge is 2.32. The molecule has 0 saturated carbocycles. The highest BCUT2D eigenvalue weighted by Crippen LogP contribution is 2.30. The minimum Gasteiger partial charge on any atom is -0.374 e. The van der Waals surface area contributed by atoms with E-state index in [9.17, 15) is 0 Å². The molecule has 2 saturated heterocycles. The normalized spacial score (nSPS) is 33.6. The average molecular weight is 226 g/mol. The molecular weight excluding hydrogens is 200 g/mol. The van der Waals surface area contributed by atoms with Crippen molar-refractivity contribution in [1.82, 2.24) is 10.2 Å². The molecule has 2 fully saturated rings. The average Bonchev–Trinajstić information content (AvgIpc) is 2.28. The van der Waals surface area contributed by atoms with Crippen LogP contribution in [0.25, 0.3) is 0 Å². The Morgan fingerprint density at radius 3 is 2.88 bits per heavy atom. The third kappa shape index (κ3) is 2.96. The van der Waals surface area contributed by atoms with Crippen molar-refractivity contribution in [3.05, 3.63) is 0 Å². The molecule has 0 bridgehead atoms. The van der Waals surface area contributed by atoms with Gasteiger partial charge in [0.25, 0.3) is 0 Å². The fourth-order valence-corrected chi connectivity index (χ4v) is 2.95. The van der Waals surface area contributed by atoms with Gasteiger partial charge in [0, 0.05) is 25.7 Å². The van der Waals surface area contributed by atoms with Crippen LogP contribution in [0.2, 0.25) is 0 Å². The molecule has 2 atom stereocenters. The van der Waals surface area contributed by atoms with Crippen LogP contribution in [0.4, 0.5) is 0 Å². The van der Waals surface area contributed by atoms with E-state index >= 15 is 0 Å². The first-order chi connectivity index (χ1) is 7.58. The van der Waals surface area contributed by atoms with Crippen LogP contribution < -0.4 is 5.32 Å². The second kappa shape index (κ2) is 5.03. The maximum Gasteiger partial charge on any atom is 0.0852 e. The van der Waals surface area contributed by atoms with Crippen LogP contribution in [0.1, 0.15) is 33.6 Å². The van der Waals surface area contributed by atoms with Crippen molar-refractivity contribution in [3.63, 3.8) is 0 Å². The zero-order chi connectivity index (χ0) is 11.6. The first-order valence-corrected chi connectivity index (χ1v) is 6.65. The maximum absolute atomic E-state index is 5.86. The number of hydrogen-bond acceptors (Lipinski definition) is 3. The highest BCUT2D eigenvalue weighted by atomic mass is 16.5. The number of morpholine rings is 1. The quantitative estimate of drug-likeness (QED) is 0.772. The van der Waals surface area contributed by atoms with Gasteiger partial charge in [-0.25, -0.2) is 0 Å². The van der Waals surface area contributed by atoms with Gasteiger partial charge < -0.3 is 10.1 Å². The summed E-state index contributed by atoms with van der Waals surface area (Å²) < 4.78 is 5.86. The molecule has 0 spiro atoms. The van der Waals surface area contributed by atoms with E-state index in [-0.39, 0.29) is 0 Å². The third-order valence-electron chi connectivity index (χ3n) is 4.00. The summed E-state index contributed by atoms with van der Waals surface area (Å²) in [6.45, 7) is 12.4. The molecule has 2 heterocycles. The van der Waals surface area contributed by atoms with Gasteiger partial charge in [0.05, 0.1) is 12.7 Å². The topological polar surface area (TPSA) is 24.5 Å². The molecule has 94 valence electrons. The van der Waals surface area contributed by atoms with E-state index in [1.165, 1.54) is 25.9 Å². The monoisotopic (exact) mass is 226 g/mol. The third-order valence-corrected chi connectivity index (χ3v) is 4.00. The predicted octanol–water partition coefficient (Wildman–Crippen LogP) is 1.49. The van der Waals surface area contributed by atoms with Crippen LogP contribution in [0, 0.1) is 5.41 Å². The van der Waals surface area contributed by atoms with Crippen LogP contribution in [0.5, 0.6) is 0 Å². The first kappa shape index (κ1) is 12.3. The van der Waals surface area contributed by atoms with E-state index in [2.05, 4.69) is 31.0 Å². The fraction of sp³-hybridized carbons (Fsp3) is 1.00. The summed E-state index contributed by atoms with van der Waals surface area (Å²) in [5.74, 6) is 0. The van der Waals surface area contributed by atoms with Gasteiger partial charge in [-0.2, -0.15) is 0 Å². The summed E-state index contributed by atoms with van der Waals surface area (Å²) in [4.78, 5) is 2.61. The Kier molecular flexibility index (Phi) is 3.88. The van der Waals surface area contributed by atoms with Crippen molar-refractivity contribution in [1.29, 1.82) is 0 Å². The molecule has 16 heavy (non-hydrogen) atoms. The maximum atomic E-state index is 5.86. The Hall–Kier alpha value is -0.120. The Morgan fingerprint density at radius 1 is 1.44 bits per heavy atom. The summed E-state index contributed by atoms with van der Waals surface area (Å²) in [5.41, 5.74) is 0.481. The molecule has 2 rings (SSSR count). The number of nitrogens with one attached hydrogen (secondary N) is 1. The minimum atomic E-state index is 0.377. The molecule has 0 aromatic carbocycles. The lowest BCUT2D eigenvalue weighted by Gasteiger charge is -2.44. The van der Waals surface area contributed by atoms with E-state index in [1.807, 2.05) is 0 Å². The molecular formula is C13H26N2O. The smallest absolute Gasteiger partial charge is 0.0852 e. The molecule has 0 aromatic heterocycles. The van der Waals surface area contributed by atoms with Crippen LogP contribution in [0.3, 0.4) is 0 Å². The van der Waals surface area contributed by atoms with Crippen molar-refractivity contribution in [2.45, 2.75) is 45.8 Å². The summed E-state index contributed by atoms with van der Waals surface area (Å²) in [6, 6.07) is 0.548. The van der Waals surface area contributed by atoms with Crippen LogP contribution in [0.15, 0.2) is 0 Å². The number of nitrogens with zero attached hydrogens (tertiary/aromatic N) is 1. The molecule has 0 radical (unpaired) electrons. The molecule has 2 aliphatic rings. The molecule has 2 aliphatic heterocycles. The molecule has 0 amide bonds. The Labute approximate surface area is 99.5 Å². The fourth-order valence-electron chi connectivity index (χ4n) is 2.95. The van der Waals surface area contributed by atoms with Gasteiger partial charge in [0.2, 0.25) is 0 Å². The van der Waals surface area contributed by atoms with Gasteiger partial charge in [-0.3, -0.25) is 4.90 Å². The van der Waals surface area contributed by atoms with Crippen LogP contribution in [-0.4, -0.2) is 49.8 Å². The number of ether oxygens (including phenoxy) is 1. The van der Waals surface area contributed by atoms with E-state index in [0.717, 1.165) is 19.7 Å². The number of piperidine rings is 1. The SMILES string of the molecule is CC(C1CNCCO1)N1CCCC(C)(C)C1. The Morgan fingerprint density at radius 2 is 2.25 bits per heavy atom. The second-order valence-electron chi connectivity index (χ2n) is 6.09. The van der Waals surface area contributed by atoms with E-state index in [4.69, 9.17) is 4.74 Å². The van der Waals surface area contributed by atoms with Crippen molar-refractivity contribution in [3.8, 4) is 0 Å². The molecule has 2 unspecified atom stereocenters. The van der Waals surface area contributed by atoms with Crippen LogP contribution in [-0.2, 0) is 4.74 Å². The van der Waals surface area contributed by atoms with Gasteiger partial charge in [-0.05, 0) is 31.7 Å². The summed E-state index contributed by atoms with van der Waals surface area (Å²) in [6.07, 6.45) is 3.07. The summed E-state index contributed by atoms with van der Waals surface area (Å²) in [5, 5.41) is 3.42. The zero-order valence-corrected chi connectivity index (χ0v) is 11.0. The van der Waals surface area contributed by atoms with Gasteiger partial charge in [0.15, 0.2) is 0 Å². The summed E-state index contributed by atoms with van der Waals surface area (Å²) in [7, 11) is 0. The lowest BCUT2D eigenvalue weighted by Crippen LogP contribution is -2.54. The molecule has 3 nitrogen and oxygen atoms in total. The number of likely N-dealkylation sites (tertiary alicyclic amines) is 1. The summed E-state index contributed by atoms with van der Waals surface area (Å²) >= 11 is 0. The number of rotatable bonds is 2. The lowest BCUT2D eigenvalue weighted by molar-refractivity contribution is -0.0431. The largest absolute Gasteiger partial charge is 0.374 e. The van der Waals surface area contributed by atoms with Gasteiger partial charge in [-0.15, -0.1) is 0 Å². The van der Waals surface area contributed by atoms with Gasteiger partial charge >= 0.3 is 0 Å². The van der Waals surface area contributed by atoms with Gasteiger partial charge in [0.1, 0.15) is 0 Å². The molecule has 0 aromatic rings. The lowest BCUT2D eigenvalue weighted by atomic mass is 9.83.